The summed E-state index contributed by atoms with van der Waals surface area (Å²) in [7, 11) is -3.71. The first-order valence-corrected chi connectivity index (χ1v) is 12.4. The van der Waals surface area contributed by atoms with Crippen molar-refractivity contribution in [1.82, 2.24) is 9.21 Å². The molecule has 1 amide bonds. The van der Waals surface area contributed by atoms with Crippen LogP contribution in [0.5, 0.6) is 0 Å². The van der Waals surface area contributed by atoms with Crippen molar-refractivity contribution in [3.05, 3.63) is 53.3 Å². The Labute approximate surface area is 193 Å². The molecule has 0 atom stereocenters. The molecule has 10 heteroatoms. The van der Waals surface area contributed by atoms with Crippen molar-refractivity contribution < 1.29 is 17.6 Å². The Bertz CT molecular complexity index is 1040. The van der Waals surface area contributed by atoms with E-state index >= 15 is 0 Å². The van der Waals surface area contributed by atoms with Gasteiger partial charge in [0, 0.05) is 50.6 Å². The Balaban J connectivity index is 1.59. The molecule has 2 aromatic carbocycles. The highest BCUT2D eigenvalue weighted by Crippen LogP contribution is 2.27. The molecule has 1 fully saturated rings. The molecule has 3 rings (SSSR count). The molecule has 32 heavy (non-hydrogen) atoms. The number of nitrogens with one attached hydrogen (secondary N) is 1. The highest BCUT2D eigenvalue weighted by molar-refractivity contribution is 7.89. The highest BCUT2D eigenvalue weighted by atomic mass is 35.5. The Morgan fingerprint density at radius 3 is 2.28 bits per heavy atom. The van der Waals surface area contributed by atoms with E-state index in [0.717, 1.165) is 5.69 Å². The summed E-state index contributed by atoms with van der Waals surface area (Å²) >= 11 is 6.16. The van der Waals surface area contributed by atoms with E-state index in [-0.39, 0.29) is 28.2 Å². The summed E-state index contributed by atoms with van der Waals surface area (Å²) in [5, 5.41) is 3.16. The first-order chi connectivity index (χ1) is 15.3. The molecule has 0 bridgehead atoms. The van der Waals surface area contributed by atoms with E-state index in [1.54, 1.807) is 36.9 Å². The average molecular weight is 483 g/mol. The zero-order chi connectivity index (χ0) is 23.3. The molecule has 1 aliphatic rings. The fourth-order valence-electron chi connectivity index (χ4n) is 3.67. The Morgan fingerprint density at radius 2 is 1.69 bits per heavy atom. The van der Waals surface area contributed by atoms with Gasteiger partial charge in [0.25, 0.3) is 0 Å². The lowest BCUT2D eigenvalue weighted by Crippen LogP contribution is -2.50. The normalized spacial score (nSPS) is 14.7. The molecular weight excluding hydrogens is 455 g/mol. The number of halogens is 2. The van der Waals surface area contributed by atoms with Crippen LogP contribution in [-0.2, 0) is 14.8 Å². The van der Waals surface area contributed by atoms with Crippen LogP contribution in [0.15, 0.2) is 47.4 Å². The number of carbonyl (C=O) groups is 1. The van der Waals surface area contributed by atoms with E-state index in [0.29, 0.717) is 45.0 Å². The molecule has 1 aliphatic heterocycles. The van der Waals surface area contributed by atoms with E-state index in [9.17, 15) is 17.6 Å². The number of hydrogen-bond acceptors (Lipinski definition) is 5. The van der Waals surface area contributed by atoms with Crippen LogP contribution in [0.25, 0.3) is 0 Å². The van der Waals surface area contributed by atoms with Crippen molar-refractivity contribution in [3.63, 3.8) is 0 Å². The number of nitrogens with zero attached hydrogens (tertiary/aromatic N) is 3. The van der Waals surface area contributed by atoms with Crippen LogP contribution in [0.3, 0.4) is 0 Å². The lowest BCUT2D eigenvalue weighted by Gasteiger charge is -2.36. The fraction of sp³-hybridized carbons (Fsp3) is 0.409. The second kappa shape index (κ2) is 10.5. The average Bonchev–Trinajstić information content (AvgIpc) is 2.79. The number of piperazine rings is 1. The lowest BCUT2D eigenvalue weighted by atomic mass is 10.2. The SMILES string of the molecule is CCN(CC)S(=O)(=O)c1cc(NCC(=O)N2CCN(c3ccc(F)cc3)CC2)ccc1Cl. The summed E-state index contributed by atoms with van der Waals surface area (Å²) < 4.78 is 40.1. The summed E-state index contributed by atoms with van der Waals surface area (Å²) in [6.45, 7) is 6.69. The number of carbonyl (C=O) groups excluding carboxylic acids is 1. The third-order valence-electron chi connectivity index (χ3n) is 5.52. The summed E-state index contributed by atoms with van der Waals surface area (Å²) in [4.78, 5) is 16.5. The van der Waals surface area contributed by atoms with E-state index in [1.807, 2.05) is 0 Å². The van der Waals surface area contributed by atoms with Crippen LogP contribution in [0.1, 0.15) is 13.8 Å². The molecule has 0 saturated carbocycles. The van der Waals surface area contributed by atoms with Crippen molar-refractivity contribution in [3.8, 4) is 0 Å². The summed E-state index contributed by atoms with van der Waals surface area (Å²) in [5.41, 5.74) is 1.44. The van der Waals surface area contributed by atoms with Crippen LogP contribution in [0.4, 0.5) is 15.8 Å². The van der Waals surface area contributed by atoms with Gasteiger partial charge in [0.2, 0.25) is 15.9 Å². The van der Waals surface area contributed by atoms with Crippen molar-refractivity contribution >= 4 is 38.9 Å². The van der Waals surface area contributed by atoms with Crippen LogP contribution in [-0.4, -0.2) is 69.3 Å². The minimum absolute atomic E-state index is 0.0215. The topological polar surface area (TPSA) is 73.0 Å². The van der Waals surface area contributed by atoms with Gasteiger partial charge >= 0.3 is 0 Å². The van der Waals surface area contributed by atoms with Gasteiger partial charge in [-0.05, 0) is 42.5 Å². The Morgan fingerprint density at radius 1 is 1.06 bits per heavy atom. The predicted octanol–water partition coefficient (Wildman–Crippen LogP) is 3.27. The Kier molecular flexibility index (Phi) is 7.97. The first-order valence-electron chi connectivity index (χ1n) is 10.6. The third-order valence-corrected chi connectivity index (χ3v) is 8.05. The number of rotatable bonds is 8. The van der Waals surface area contributed by atoms with Crippen LogP contribution >= 0.6 is 11.6 Å². The number of hydrogen-bond donors (Lipinski definition) is 1. The van der Waals surface area contributed by atoms with Crippen molar-refractivity contribution in [1.29, 1.82) is 0 Å². The van der Waals surface area contributed by atoms with Crippen molar-refractivity contribution in [2.24, 2.45) is 0 Å². The van der Waals surface area contributed by atoms with Gasteiger partial charge in [-0.15, -0.1) is 0 Å². The van der Waals surface area contributed by atoms with Gasteiger partial charge in [0.1, 0.15) is 10.7 Å². The minimum atomic E-state index is -3.71. The standard InChI is InChI=1S/C22H28ClFN4O3S/c1-3-28(4-2)32(30,31)21-15-18(7-10-20(21)23)25-16-22(29)27-13-11-26(12-14-27)19-8-5-17(24)6-9-19/h5-10,15,25H,3-4,11-14,16H2,1-2H3. The maximum Gasteiger partial charge on any atom is 0.244 e. The molecule has 0 aliphatic carbocycles. The van der Waals surface area contributed by atoms with E-state index in [1.165, 1.54) is 28.6 Å². The van der Waals surface area contributed by atoms with Crippen molar-refractivity contribution in [2.75, 3.05) is 56.0 Å². The molecule has 2 aromatic rings. The number of benzene rings is 2. The fourth-order valence-corrected chi connectivity index (χ4v) is 5.63. The van der Waals surface area contributed by atoms with E-state index < -0.39 is 10.0 Å². The summed E-state index contributed by atoms with van der Waals surface area (Å²) in [5.74, 6) is -0.351. The monoisotopic (exact) mass is 482 g/mol. The predicted molar refractivity (Wildman–Crippen MR) is 125 cm³/mol. The largest absolute Gasteiger partial charge is 0.376 e. The van der Waals surface area contributed by atoms with Crippen LogP contribution in [0.2, 0.25) is 5.02 Å². The third kappa shape index (κ3) is 5.51. The minimum Gasteiger partial charge on any atom is -0.376 e. The molecule has 174 valence electrons. The summed E-state index contributed by atoms with van der Waals surface area (Å²) in [6, 6.07) is 11.0. The Hall–Kier alpha value is -2.36. The molecule has 1 N–H and O–H groups in total. The van der Waals surface area contributed by atoms with Gasteiger partial charge < -0.3 is 15.1 Å². The van der Waals surface area contributed by atoms with Gasteiger partial charge in [0.05, 0.1) is 11.6 Å². The number of sulfonamides is 1. The van der Waals surface area contributed by atoms with Gasteiger partial charge in [-0.2, -0.15) is 4.31 Å². The smallest absolute Gasteiger partial charge is 0.244 e. The molecule has 0 unspecified atom stereocenters. The maximum absolute atomic E-state index is 13.1. The molecule has 0 aromatic heterocycles. The summed E-state index contributed by atoms with van der Waals surface area (Å²) in [6.07, 6.45) is 0. The molecular formula is C22H28ClFN4O3S. The van der Waals surface area contributed by atoms with Crippen LogP contribution < -0.4 is 10.2 Å². The molecule has 0 radical (unpaired) electrons. The van der Waals surface area contributed by atoms with Gasteiger partial charge in [-0.25, -0.2) is 12.8 Å². The molecule has 0 spiro atoms. The zero-order valence-electron chi connectivity index (χ0n) is 18.2. The van der Waals surface area contributed by atoms with Crippen molar-refractivity contribution in [2.45, 2.75) is 18.7 Å². The lowest BCUT2D eigenvalue weighted by molar-refractivity contribution is -0.129. The van der Waals surface area contributed by atoms with E-state index in [4.69, 9.17) is 11.6 Å². The van der Waals surface area contributed by atoms with Gasteiger partial charge in [0.15, 0.2) is 0 Å². The molecule has 1 saturated heterocycles. The first kappa shape index (κ1) is 24.3. The van der Waals surface area contributed by atoms with Crippen LogP contribution in [0, 0.1) is 5.82 Å². The maximum atomic E-state index is 13.1. The zero-order valence-corrected chi connectivity index (χ0v) is 19.8. The molecule has 1 heterocycles. The molecule has 7 nitrogen and oxygen atoms in total. The quantitative estimate of drug-likeness (QED) is 0.625. The van der Waals surface area contributed by atoms with E-state index in [2.05, 4.69) is 10.2 Å². The highest BCUT2D eigenvalue weighted by Gasteiger charge is 2.25. The number of anilines is 2. The number of amides is 1. The second-order valence-corrected chi connectivity index (χ2v) is 9.75. The van der Waals surface area contributed by atoms with Gasteiger partial charge in [-0.1, -0.05) is 25.4 Å². The second-order valence-electron chi connectivity index (χ2n) is 7.43. The van der Waals surface area contributed by atoms with Gasteiger partial charge in [-0.3, -0.25) is 4.79 Å².